The number of nitrogens with one attached hydrogen (secondary N) is 1. The number of anilines is 1. The third-order valence-electron chi connectivity index (χ3n) is 4.04. The Morgan fingerprint density at radius 3 is 2.42 bits per heavy atom. The van der Waals surface area contributed by atoms with Crippen LogP contribution < -0.4 is 4.72 Å². The van der Waals surface area contributed by atoms with E-state index >= 15 is 0 Å². The summed E-state index contributed by atoms with van der Waals surface area (Å²) in [5, 5.41) is 0.911. The highest BCUT2D eigenvalue weighted by Crippen LogP contribution is 2.30. The minimum atomic E-state index is -3.71. The van der Waals surface area contributed by atoms with Crippen molar-refractivity contribution in [2.75, 3.05) is 4.72 Å². The average molecular weight is 384 g/mol. The molecule has 4 aromatic rings. The maximum Gasteiger partial charge on any atom is 0.280 e. The standard InChI is InChI=1S/C18H16N4O2S2/c1-12-19-17(11-22(12)2)26(23,24)21-14-9-7-13(8-10-14)18-20-15-5-3-4-6-16(15)25-18/h3-11,21H,1-2H3. The van der Waals surface area contributed by atoms with Gasteiger partial charge < -0.3 is 4.57 Å². The zero-order valence-electron chi connectivity index (χ0n) is 14.2. The number of thiazole rings is 1. The molecule has 2 aromatic heterocycles. The summed E-state index contributed by atoms with van der Waals surface area (Å²) in [6.07, 6.45) is 1.49. The average Bonchev–Trinajstić information content (AvgIpc) is 3.19. The van der Waals surface area contributed by atoms with E-state index in [1.165, 1.54) is 6.20 Å². The lowest BCUT2D eigenvalue weighted by molar-refractivity contribution is 0.598. The number of aromatic nitrogens is 3. The second-order valence-corrected chi connectivity index (χ2v) is 8.57. The normalized spacial score (nSPS) is 11.8. The number of hydrogen-bond acceptors (Lipinski definition) is 5. The molecule has 0 aliphatic heterocycles. The minimum Gasteiger partial charge on any atom is -0.337 e. The summed E-state index contributed by atoms with van der Waals surface area (Å²) >= 11 is 1.61. The molecule has 8 heteroatoms. The van der Waals surface area contributed by atoms with Crippen molar-refractivity contribution in [2.24, 2.45) is 7.05 Å². The van der Waals surface area contributed by atoms with Crippen molar-refractivity contribution in [3.8, 4) is 10.6 Å². The van der Waals surface area contributed by atoms with Gasteiger partial charge >= 0.3 is 0 Å². The van der Waals surface area contributed by atoms with E-state index in [1.807, 2.05) is 36.4 Å². The van der Waals surface area contributed by atoms with Gasteiger partial charge in [-0.1, -0.05) is 12.1 Å². The van der Waals surface area contributed by atoms with Gasteiger partial charge in [-0.2, -0.15) is 8.42 Å². The number of para-hydroxylation sites is 1. The van der Waals surface area contributed by atoms with Gasteiger partial charge in [0.05, 0.1) is 10.2 Å². The lowest BCUT2D eigenvalue weighted by atomic mass is 10.2. The van der Waals surface area contributed by atoms with Crippen LogP contribution in [0.4, 0.5) is 5.69 Å². The van der Waals surface area contributed by atoms with E-state index in [-0.39, 0.29) is 5.03 Å². The van der Waals surface area contributed by atoms with Crippen LogP contribution in [-0.4, -0.2) is 23.0 Å². The van der Waals surface area contributed by atoms with Crippen molar-refractivity contribution in [3.05, 3.63) is 60.6 Å². The first-order valence-electron chi connectivity index (χ1n) is 7.91. The fraction of sp³-hybridized carbons (Fsp3) is 0.111. The first kappa shape index (κ1) is 16.7. The highest BCUT2D eigenvalue weighted by atomic mass is 32.2. The number of nitrogens with zero attached hydrogens (tertiary/aromatic N) is 3. The molecule has 0 fully saturated rings. The molecule has 2 aromatic carbocycles. The predicted molar refractivity (Wildman–Crippen MR) is 104 cm³/mol. The fourth-order valence-corrected chi connectivity index (χ4v) is 4.61. The number of imidazole rings is 1. The Hall–Kier alpha value is -2.71. The van der Waals surface area contributed by atoms with Gasteiger partial charge in [-0.25, -0.2) is 9.97 Å². The van der Waals surface area contributed by atoms with Crippen LogP contribution >= 0.6 is 11.3 Å². The highest BCUT2D eigenvalue weighted by molar-refractivity contribution is 7.92. The SMILES string of the molecule is Cc1nc(S(=O)(=O)Nc2ccc(-c3nc4ccccc4s3)cc2)cn1C. The van der Waals surface area contributed by atoms with Crippen molar-refractivity contribution in [2.45, 2.75) is 11.9 Å². The molecule has 0 aliphatic rings. The largest absolute Gasteiger partial charge is 0.337 e. The zero-order valence-corrected chi connectivity index (χ0v) is 15.8. The molecule has 0 saturated carbocycles. The summed E-state index contributed by atoms with van der Waals surface area (Å²) in [5.41, 5.74) is 2.39. The van der Waals surface area contributed by atoms with E-state index < -0.39 is 10.0 Å². The van der Waals surface area contributed by atoms with Gasteiger partial charge in [0.2, 0.25) is 0 Å². The molecule has 0 aliphatic carbocycles. The van der Waals surface area contributed by atoms with E-state index in [9.17, 15) is 8.42 Å². The van der Waals surface area contributed by atoms with Gasteiger partial charge in [0.1, 0.15) is 10.8 Å². The maximum atomic E-state index is 12.4. The van der Waals surface area contributed by atoms with Crippen molar-refractivity contribution in [1.82, 2.24) is 14.5 Å². The van der Waals surface area contributed by atoms with E-state index in [4.69, 9.17) is 0 Å². The summed E-state index contributed by atoms with van der Waals surface area (Å²) in [6.45, 7) is 1.76. The number of rotatable bonds is 4. The molecule has 0 saturated heterocycles. The Labute approximate surface area is 155 Å². The molecule has 0 bridgehead atoms. The smallest absolute Gasteiger partial charge is 0.280 e. The van der Waals surface area contributed by atoms with Crippen LogP contribution in [0.25, 0.3) is 20.8 Å². The van der Waals surface area contributed by atoms with E-state index in [0.717, 1.165) is 20.8 Å². The number of aryl methyl sites for hydroxylation is 2. The predicted octanol–water partition coefficient (Wildman–Crippen LogP) is 3.81. The second kappa shape index (κ2) is 6.22. The van der Waals surface area contributed by atoms with E-state index in [2.05, 4.69) is 14.7 Å². The Morgan fingerprint density at radius 2 is 1.77 bits per heavy atom. The molecule has 132 valence electrons. The van der Waals surface area contributed by atoms with Crippen molar-refractivity contribution >= 4 is 37.3 Å². The Morgan fingerprint density at radius 1 is 1.04 bits per heavy atom. The number of benzene rings is 2. The third-order valence-corrected chi connectivity index (χ3v) is 6.38. The minimum absolute atomic E-state index is 0.00718. The van der Waals surface area contributed by atoms with Crippen LogP contribution in [0.3, 0.4) is 0 Å². The molecule has 0 unspecified atom stereocenters. The second-order valence-electron chi connectivity index (χ2n) is 5.91. The van der Waals surface area contributed by atoms with Gasteiger partial charge in [-0.3, -0.25) is 4.72 Å². The van der Waals surface area contributed by atoms with E-state index in [0.29, 0.717) is 11.5 Å². The third kappa shape index (κ3) is 3.09. The molecule has 6 nitrogen and oxygen atoms in total. The Balaban J connectivity index is 1.59. The van der Waals surface area contributed by atoms with Gasteiger partial charge in [-0.15, -0.1) is 11.3 Å². The van der Waals surface area contributed by atoms with Gasteiger partial charge in [-0.05, 0) is 43.3 Å². The monoisotopic (exact) mass is 384 g/mol. The first-order valence-corrected chi connectivity index (χ1v) is 10.2. The molecule has 0 atom stereocenters. The number of hydrogen-bond donors (Lipinski definition) is 1. The first-order chi connectivity index (χ1) is 12.4. The van der Waals surface area contributed by atoms with Crippen molar-refractivity contribution in [1.29, 1.82) is 0 Å². The van der Waals surface area contributed by atoms with Gasteiger partial charge in [0.25, 0.3) is 10.0 Å². The highest BCUT2D eigenvalue weighted by Gasteiger charge is 2.18. The molecular weight excluding hydrogens is 368 g/mol. The number of fused-ring (bicyclic) bond motifs is 1. The molecule has 26 heavy (non-hydrogen) atoms. The van der Waals surface area contributed by atoms with Gasteiger partial charge in [0.15, 0.2) is 5.03 Å². The summed E-state index contributed by atoms with van der Waals surface area (Å²) in [7, 11) is -1.95. The molecular formula is C18H16N4O2S2. The van der Waals surface area contributed by atoms with E-state index in [1.54, 1.807) is 42.0 Å². The summed E-state index contributed by atoms with van der Waals surface area (Å²) < 4.78 is 30.2. The van der Waals surface area contributed by atoms with Crippen molar-refractivity contribution in [3.63, 3.8) is 0 Å². The molecule has 1 N–H and O–H groups in total. The van der Waals surface area contributed by atoms with Crippen LogP contribution in [0.15, 0.2) is 59.8 Å². The fourth-order valence-electron chi connectivity index (χ4n) is 2.54. The van der Waals surface area contributed by atoms with Crippen LogP contribution in [0.2, 0.25) is 0 Å². The molecule has 0 radical (unpaired) electrons. The van der Waals surface area contributed by atoms with Crippen LogP contribution in [0.1, 0.15) is 5.82 Å². The zero-order chi connectivity index (χ0) is 18.3. The molecule has 2 heterocycles. The van der Waals surface area contributed by atoms with Gasteiger partial charge in [0, 0.05) is 24.5 Å². The maximum absolute atomic E-state index is 12.4. The number of sulfonamides is 1. The summed E-state index contributed by atoms with van der Waals surface area (Å²) in [5.74, 6) is 0.636. The quantitative estimate of drug-likeness (QED) is 0.580. The molecule has 0 spiro atoms. The van der Waals surface area contributed by atoms with Crippen LogP contribution in [-0.2, 0) is 17.1 Å². The molecule has 0 amide bonds. The van der Waals surface area contributed by atoms with Crippen molar-refractivity contribution < 1.29 is 8.42 Å². The lowest BCUT2D eigenvalue weighted by Gasteiger charge is -2.06. The topological polar surface area (TPSA) is 76.9 Å². The summed E-state index contributed by atoms with van der Waals surface area (Å²) in [4.78, 5) is 8.69. The lowest BCUT2D eigenvalue weighted by Crippen LogP contribution is -2.13. The summed E-state index contributed by atoms with van der Waals surface area (Å²) in [6, 6.07) is 15.1. The van der Waals surface area contributed by atoms with Crippen LogP contribution in [0, 0.1) is 6.92 Å². The Bertz CT molecular complexity index is 1140. The van der Waals surface area contributed by atoms with Crippen LogP contribution in [0.5, 0.6) is 0 Å². The molecule has 4 rings (SSSR count). The Kier molecular flexibility index (Phi) is 4.01.